The van der Waals surface area contributed by atoms with Gasteiger partial charge < -0.3 is 17.7 Å². The monoisotopic (exact) mass is 224 g/mol. The molecule has 0 aliphatic heterocycles. The Morgan fingerprint density at radius 2 is 1.81 bits per heavy atom. The molecule has 1 aromatic carbocycles. The van der Waals surface area contributed by atoms with Crippen LogP contribution in [0.4, 0.5) is 12.9 Å². The lowest BCUT2D eigenvalue weighted by Crippen LogP contribution is -2.29. The first kappa shape index (κ1) is 10.7. The standard InChI is InChI=1S/C10H6BF3NO/c12-11(13,14)10(16)9-6-15-5-7-3-1-2-4-8(7)9/h1-6H/q-1. The number of aromatic nitrogens is 1. The van der Waals surface area contributed by atoms with Crippen molar-refractivity contribution in [3.63, 3.8) is 0 Å². The van der Waals surface area contributed by atoms with Gasteiger partial charge in [-0.05, 0) is 5.39 Å². The molecule has 16 heavy (non-hydrogen) atoms. The van der Waals surface area contributed by atoms with Crippen molar-refractivity contribution in [3.05, 3.63) is 42.2 Å². The van der Waals surface area contributed by atoms with E-state index in [2.05, 4.69) is 4.98 Å². The van der Waals surface area contributed by atoms with Crippen LogP contribution in [0.2, 0.25) is 0 Å². The van der Waals surface area contributed by atoms with E-state index < -0.39 is 12.7 Å². The van der Waals surface area contributed by atoms with Gasteiger partial charge in [0, 0.05) is 23.3 Å². The second kappa shape index (κ2) is 3.62. The number of pyridine rings is 1. The zero-order valence-corrected chi connectivity index (χ0v) is 8.03. The fourth-order valence-corrected chi connectivity index (χ4v) is 1.49. The van der Waals surface area contributed by atoms with Gasteiger partial charge in [-0.15, -0.1) is 0 Å². The Labute approximate surface area is 89.2 Å². The number of benzene rings is 1. The summed E-state index contributed by atoms with van der Waals surface area (Å²) in [6.07, 6.45) is 2.38. The van der Waals surface area contributed by atoms with Gasteiger partial charge in [0.05, 0.1) is 0 Å². The summed E-state index contributed by atoms with van der Waals surface area (Å²) in [6.45, 7) is -5.51. The van der Waals surface area contributed by atoms with Gasteiger partial charge in [0.25, 0.3) is 0 Å². The van der Waals surface area contributed by atoms with Crippen molar-refractivity contribution < 1.29 is 17.7 Å². The summed E-state index contributed by atoms with van der Waals surface area (Å²) in [5.41, 5.74) is -2.19. The molecule has 0 aliphatic rings. The van der Waals surface area contributed by atoms with Crippen LogP contribution in [-0.4, -0.2) is 17.6 Å². The van der Waals surface area contributed by atoms with Crippen molar-refractivity contribution in [2.45, 2.75) is 0 Å². The first-order valence-corrected chi connectivity index (χ1v) is 4.57. The second-order valence-corrected chi connectivity index (χ2v) is 3.35. The van der Waals surface area contributed by atoms with Crippen LogP contribution in [0.25, 0.3) is 10.8 Å². The SMILES string of the molecule is O=C(c1cncc2ccccc12)[B-](F)(F)F. The van der Waals surface area contributed by atoms with Gasteiger partial charge >= 0.3 is 6.98 Å². The number of rotatable bonds is 2. The number of carbonyl (C=O) groups is 1. The van der Waals surface area contributed by atoms with Crippen molar-refractivity contribution in [2.75, 3.05) is 0 Å². The van der Waals surface area contributed by atoms with Gasteiger partial charge in [0.15, 0.2) is 0 Å². The summed E-state index contributed by atoms with van der Waals surface area (Å²) in [4.78, 5) is 14.8. The summed E-state index contributed by atoms with van der Waals surface area (Å²) < 4.78 is 37.0. The van der Waals surface area contributed by atoms with Crippen molar-refractivity contribution in [1.29, 1.82) is 0 Å². The fourth-order valence-electron chi connectivity index (χ4n) is 1.49. The highest BCUT2D eigenvalue weighted by Gasteiger charge is 2.35. The average Bonchev–Trinajstić information content (AvgIpc) is 2.26. The molecule has 2 aromatic rings. The maximum absolute atomic E-state index is 12.3. The van der Waals surface area contributed by atoms with E-state index >= 15 is 0 Å². The lowest BCUT2D eigenvalue weighted by Gasteiger charge is -2.14. The van der Waals surface area contributed by atoms with Crippen LogP contribution in [-0.2, 0) is 0 Å². The average molecular weight is 224 g/mol. The van der Waals surface area contributed by atoms with E-state index in [0.717, 1.165) is 6.20 Å². The highest BCUT2D eigenvalue weighted by Crippen LogP contribution is 2.22. The largest absolute Gasteiger partial charge is 0.549 e. The van der Waals surface area contributed by atoms with Crippen molar-refractivity contribution in [2.24, 2.45) is 0 Å². The van der Waals surface area contributed by atoms with E-state index in [1.54, 1.807) is 18.2 Å². The van der Waals surface area contributed by atoms with E-state index in [1.165, 1.54) is 12.3 Å². The molecule has 0 saturated heterocycles. The van der Waals surface area contributed by atoms with Gasteiger partial charge in [-0.2, -0.15) is 0 Å². The Bertz CT molecular complexity index is 548. The van der Waals surface area contributed by atoms with Gasteiger partial charge in [-0.3, -0.25) is 4.98 Å². The lowest BCUT2D eigenvalue weighted by atomic mass is 9.79. The minimum absolute atomic E-state index is 0.279. The predicted octanol–water partition coefficient (Wildman–Crippen LogP) is 2.80. The lowest BCUT2D eigenvalue weighted by molar-refractivity contribution is 0.102. The molecule has 0 aliphatic carbocycles. The number of halogens is 3. The molecular formula is C10H6BF3NO-. The molecule has 0 fully saturated rings. The summed E-state index contributed by atoms with van der Waals surface area (Å²) in [7, 11) is 0. The molecule has 0 spiro atoms. The molecule has 0 atom stereocenters. The minimum atomic E-state index is -5.51. The Morgan fingerprint density at radius 1 is 1.12 bits per heavy atom. The van der Waals surface area contributed by atoms with Crippen LogP contribution in [0.3, 0.4) is 0 Å². The van der Waals surface area contributed by atoms with Crippen LogP contribution < -0.4 is 0 Å². The third-order valence-corrected chi connectivity index (χ3v) is 2.23. The molecule has 0 N–H and O–H groups in total. The van der Waals surface area contributed by atoms with Crippen molar-refractivity contribution in [3.8, 4) is 0 Å². The number of carbonyl (C=O) groups excluding carboxylic acids is 1. The second-order valence-electron chi connectivity index (χ2n) is 3.35. The fraction of sp³-hybridized carbons (Fsp3) is 0. The molecule has 2 rings (SSSR count). The molecule has 2 nitrogen and oxygen atoms in total. The van der Waals surface area contributed by atoms with Crippen LogP contribution in [0, 0.1) is 0 Å². The van der Waals surface area contributed by atoms with Gasteiger partial charge in [0.1, 0.15) is 5.68 Å². The minimum Gasteiger partial charge on any atom is -0.443 e. The summed E-state index contributed by atoms with van der Waals surface area (Å²) in [5, 5.41) is 0.801. The van der Waals surface area contributed by atoms with Crippen LogP contribution in [0.1, 0.15) is 10.4 Å². The van der Waals surface area contributed by atoms with E-state index in [-0.39, 0.29) is 10.9 Å². The zero-order valence-electron chi connectivity index (χ0n) is 8.03. The van der Waals surface area contributed by atoms with E-state index in [1.807, 2.05) is 0 Å². The molecular weight excluding hydrogens is 218 g/mol. The molecule has 0 unspecified atom stereocenters. The Hall–Kier alpha value is -1.85. The molecule has 6 heteroatoms. The van der Waals surface area contributed by atoms with Crippen molar-refractivity contribution >= 4 is 23.4 Å². The first-order chi connectivity index (χ1) is 7.50. The number of nitrogens with zero attached hydrogens (tertiary/aromatic N) is 1. The van der Waals surface area contributed by atoms with Crippen LogP contribution >= 0.6 is 0 Å². The normalized spacial score (nSPS) is 11.7. The van der Waals surface area contributed by atoms with Gasteiger partial charge in [0.2, 0.25) is 0 Å². The Kier molecular flexibility index (Phi) is 2.42. The molecule has 1 heterocycles. The van der Waals surface area contributed by atoms with Gasteiger partial charge in [-0.1, -0.05) is 24.3 Å². The van der Waals surface area contributed by atoms with E-state index in [9.17, 15) is 17.7 Å². The highest BCUT2D eigenvalue weighted by atomic mass is 19.4. The highest BCUT2D eigenvalue weighted by molar-refractivity contribution is 6.93. The van der Waals surface area contributed by atoms with E-state index in [4.69, 9.17) is 0 Å². The zero-order chi connectivity index (χ0) is 11.8. The number of fused-ring (bicyclic) bond motifs is 1. The molecule has 0 saturated carbocycles. The molecule has 0 bridgehead atoms. The van der Waals surface area contributed by atoms with Crippen molar-refractivity contribution in [1.82, 2.24) is 4.98 Å². The third kappa shape index (κ3) is 1.78. The van der Waals surface area contributed by atoms with Crippen LogP contribution in [0.5, 0.6) is 0 Å². The first-order valence-electron chi connectivity index (χ1n) is 4.57. The van der Waals surface area contributed by atoms with Crippen LogP contribution in [0.15, 0.2) is 36.7 Å². The van der Waals surface area contributed by atoms with Gasteiger partial charge in [-0.25, -0.2) is 0 Å². The van der Waals surface area contributed by atoms with E-state index in [0.29, 0.717) is 5.39 Å². The Morgan fingerprint density at radius 3 is 2.50 bits per heavy atom. The smallest absolute Gasteiger partial charge is 0.443 e. The quantitative estimate of drug-likeness (QED) is 0.734. The molecule has 1 aromatic heterocycles. The molecule has 0 amide bonds. The predicted molar refractivity (Wildman–Crippen MR) is 55.2 cm³/mol. The summed E-state index contributed by atoms with van der Waals surface area (Å²) >= 11 is 0. The summed E-state index contributed by atoms with van der Waals surface area (Å²) in [5.74, 6) is 0. The molecule has 82 valence electrons. The maximum atomic E-state index is 12.3. The molecule has 0 radical (unpaired) electrons. The maximum Gasteiger partial charge on any atom is 0.549 e. The Balaban J connectivity index is 2.66. The number of hydrogen-bond donors (Lipinski definition) is 0. The number of hydrogen-bond acceptors (Lipinski definition) is 2. The topological polar surface area (TPSA) is 30.0 Å². The summed E-state index contributed by atoms with van der Waals surface area (Å²) in [6, 6.07) is 6.36. The third-order valence-electron chi connectivity index (χ3n) is 2.23.